The highest BCUT2D eigenvalue weighted by molar-refractivity contribution is 5.18. The molecule has 1 aromatic heterocycles. The Morgan fingerprint density at radius 1 is 1.24 bits per heavy atom. The van der Waals surface area contributed by atoms with Crippen molar-refractivity contribution in [2.75, 3.05) is 26.8 Å². The normalized spacial score (nSPS) is 12.7. The molecule has 1 unspecified atom stereocenters. The number of methoxy groups -OCH3 is 1. The fraction of sp³-hybridized carbons (Fsp3) is 0.500. The van der Waals surface area contributed by atoms with Crippen molar-refractivity contribution in [3.63, 3.8) is 0 Å². The maximum absolute atomic E-state index is 13.1. The fourth-order valence-corrected chi connectivity index (χ4v) is 2.86. The first-order valence-electron chi connectivity index (χ1n) is 8.90. The predicted molar refractivity (Wildman–Crippen MR) is 98.0 cm³/mol. The van der Waals surface area contributed by atoms with E-state index in [-0.39, 0.29) is 11.9 Å². The Morgan fingerprint density at radius 2 is 2.00 bits per heavy atom. The van der Waals surface area contributed by atoms with Gasteiger partial charge in [-0.15, -0.1) is 0 Å². The molecule has 2 aromatic rings. The Morgan fingerprint density at radius 3 is 2.68 bits per heavy atom. The smallest absolute Gasteiger partial charge is 0.123 e. The molecule has 0 bridgehead atoms. The summed E-state index contributed by atoms with van der Waals surface area (Å²) in [7, 11) is 1.71. The minimum absolute atomic E-state index is 0.214. The maximum atomic E-state index is 13.1. The van der Waals surface area contributed by atoms with Crippen LogP contribution in [0.3, 0.4) is 0 Å². The Kier molecular flexibility index (Phi) is 8.12. The zero-order chi connectivity index (χ0) is 18.1. The first-order chi connectivity index (χ1) is 12.1. The highest BCUT2D eigenvalue weighted by Crippen LogP contribution is 2.12. The first-order valence-corrected chi connectivity index (χ1v) is 8.90. The summed E-state index contributed by atoms with van der Waals surface area (Å²) in [4.78, 5) is 2.27. The number of halogens is 1. The third kappa shape index (κ3) is 6.61. The molecule has 0 amide bonds. The van der Waals surface area contributed by atoms with E-state index in [0.29, 0.717) is 13.1 Å². The maximum Gasteiger partial charge on any atom is 0.123 e. The summed E-state index contributed by atoms with van der Waals surface area (Å²) in [5.41, 5.74) is 2.25. The van der Waals surface area contributed by atoms with Crippen molar-refractivity contribution >= 4 is 0 Å². The fourth-order valence-electron chi connectivity index (χ4n) is 2.86. The van der Waals surface area contributed by atoms with Crippen LogP contribution in [0, 0.1) is 5.82 Å². The number of benzene rings is 1. The van der Waals surface area contributed by atoms with Gasteiger partial charge in [-0.05, 0) is 42.7 Å². The molecule has 4 nitrogen and oxygen atoms in total. The highest BCUT2D eigenvalue weighted by atomic mass is 19.1. The van der Waals surface area contributed by atoms with Crippen LogP contribution in [0.25, 0.3) is 0 Å². The zero-order valence-corrected chi connectivity index (χ0v) is 15.2. The van der Waals surface area contributed by atoms with E-state index in [1.807, 2.05) is 31.3 Å². The lowest BCUT2D eigenvalue weighted by molar-refractivity contribution is 0.0956. The average molecular weight is 348 g/mol. The highest BCUT2D eigenvalue weighted by Gasteiger charge is 2.13. The molecule has 5 heteroatoms. The van der Waals surface area contributed by atoms with Gasteiger partial charge < -0.3 is 14.4 Å². The number of hydrogen-bond donors (Lipinski definition) is 1. The quantitative estimate of drug-likeness (QED) is 0.633. The topological polar surface area (TPSA) is 37.6 Å². The molecule has 138 valence electrons. The van der Waals surface area contributed by atoms with Crippen molar-refractivity contribution in [3.05, 3.63) is 59.7 Å². The van der Waals surface area contributed by atoms with Gasteiger partial charge >= 0.3 is 0 Å². The molecule has 0 aliphatic rings. The van der Waals surface area contributed by atoms with Crippen molar-refractivity contribution in [2.24, 2.45) is 0 Å². The lowest BCUT2D eigenvalue weighted by Crippen LogP contribution is -2.33. The van der Waals surface area contributed by atoms with Crippen LogP contribution in [0.2, 0.25) is 0 Å². The van der Waals surface area contributed by atoms with Crippen molar-refractivity contribution in [1.82, 2.24) is 9.47 Å². The van der Waals surface area contributed by atoms with Crippen LogP contribution in [-0.4, -0.2) is 47.5 Å². The Balaban J connectivity index is 2.02. The van der Waals surface area contributed by atoms with E-state index in [0.717, 1.165) is 38.1 Å². The Labute approximate surface area is 149 Å². The Hall–Kier alpha value is -1.69. The number of aromatic nitrogens is 1. The summed E-state index contributed by atoms with van der Waals surface area (Å²) in [5, 5.41) is 10.0. The SMILES string of the molecule is CCC(O)CN(CCCOC)Cc1cccn1Cc1ccc(F)cc1. The monoisotopic (exact) mass is 348 g/mol. The number of aliphatic hydroxyl groups excluding tert-OH is 1. The van der Waals surface area contributed by atoms with Gasteiger partial charge in [-0.2, -0.15) is 0 Å². The molecule has 1 heterocycles. The molecule has 1 atom stereocenters. The van der Waals surface area contributed by atoms with Crippen LogP contribution in [0.1, 0.15) is 31.0 Å². The number of rotatable bonds is 11. The van der Waals surface area contributed by atoms with Crippen LogP contribution in [0.5, 0.6) is 0 Å². The van der Waals surface area contributed by atoms with Gasteiger partial charge in [0.25, 0.3) is 0 Å². The van der Waals surface area contributed by atoms with Crippen molar-refractivity contribution in [3.8, 4) is 0 Å². The minimum Gasteiger partial charge on any atom is -0.392 e. The molecule has 0 saturated heterocycles. The van der Waals surface area contributed by atoms with E-state index in [9.17, 15) is 9.50 Å². The van der Waals surface area contributed by atoms with Gasteiger partial charge in [-0.1, -0.05) is 19.1 Å². The summed E-state index contributed by atoms with van der Waals surface area (Å²) < 4.78 is 20.4. The van der Waals surface area contributed by atoms with Gasteiger partial charge in [-0.25, -0.2) is 4.39 Å². The second-order valence-corrected chi connectivity index (χ2v) is 6.40. The van der Waals surface area contributed by atoms with Gasteiger partial charge in [0.2, 0.25) is 0 Å². The molecule has 0 aliphatic heterocycles. The molecule has 0 aliphatic carbocycles. The second-order valence-electron chi connectivity index (χ2n) is 6.40. The summed E-state index contributed by atoms with van der Waals surface area (Å²) in [5.74, 6) is -0.214. The van der Waals surface area contributed by atoms with E-state index in [2.05, 4.69) is 15.5 Å². The zero-order valence-electron chi connectivity index (χ0n) is 15.2. The summed E-state index contributed by atoms with van der Waals surface area (Å²) in [6.07, 6.45) is 3.41. The van der Waals surface area contributed by atoms with Crippen molar-refractivity contribution < 1.29 is 14.2 Å². The van der Waals surface area contributed by atoms with Gasteiger partial charge in [0.1, 0.15) is 5.82 Å². The number of nitrogens with zero attached hydrogens (tertiary/aromatic N) is 2. The van der Waals surface area contributed by atoms with Crippen LogP contribution in [0.4, 0.5) is 4.39 Å². The Bertz CT molecular complexity index is 612. The van der Waals surface area contributed by atoms with E-state index in [1.165, 1.54) is 17.8 Å². The van der Waals surface area contributed by atoms with E-state index in [4.69, 9.17) is 4.74 Å². The first kappa shape index (κ1) is 19.6. The number of ether oxygens (including phenoxy) is 1. The van der Waals surface area contributed by atoms with E-state index < -0.39 is 0 Å². The molecular formula is C20H29FN2O2. The molecule has 0 radical (unpaired) electrons. The number of hydrogen-bond acceptors (Lipinski definition) is 3. The minimum atomic E-state index is -0.317. The standard InChI is InChI=1S/C20H29FN2O2/c1-3-20(24)16-22(11-5-13-25-2)15-19-6-4-12-23(19)14-17-7-9-18(21)10-8-17/h4,6-10,12,20,24H,3,5,11,13-16H2,1-2H3. The van der Waals surface area contributed by atoms with Crippen LogP contribution < -0.4 is 0 Å². The van der Waals surface area contributed by atoms with Crippen LogP contribution >= 0.6 is 0 Å². The van der Waals surface area contributed by atoms with Crippen molar-refractivity contribution in [2.45, 2.75) is 39.0 Å². The van der Waals surface area contributed by atoms with Gasteiger partial charge in [0.05, 0.1) is 6.10 Å². The summed E-state index contributed by atoms with van der Waals surface area (Å²) >= 11 is 0. The predicted octanol–water partition coefficient (Wildman–Crippen LogP) is 3.28. The second kappa shape index (κ2) is 10.3. The molecule has 1 aromatic carbocycles. The molecule has 2 rings (SSSR count). The molecule has 0 saturated carbocycles. The van der Waals surface area contributed by atoms with Gasteiger partial charge in [-0.3, -0.25) is 4.90 Å². The summed E-state index contributed by atoms with van der Waals surface area (Å²) in [6.45, 7) is 5.74. The molecule has 25 heavy (non-hydrogen) atoms. The van der Waals surface area contributed by atoms with E-state index in [1.54, 1.807) is 7.11 Å². The third-order valence-electron chi connectivity index (χ3n) is 4.34. The van der Waals surface area contributed by atoms with Crippen LogP contribution in [0.15, 0.2) is 42.6 Å². The third-order valence-corrected chi connectivity index (χ3v) is 4.34. The molecule has 1 N–H and O–H groups in total. The van der Waals surface area contributed by atoms with Gasteiger partial charge in [0, 0.05) is 51.8 Å². The number of aliphatic hydroxyl groups is 1. The lowest BCUT2D eigenvalue weighted by Gasteiger charge is -2.25. The molecule has 0 spiro atoms. The van der Waals surface area contributed by atoms with E-state index >= 15 is 0 Å². The lowest BCUT2D eigenvalue weighted by atomic mass is 10.2. The van der Waals surface area contributed by atoms with Gasteiger partial charge in [0.15, 0.2) is 0 Å². The molecular weight excluding hydrogens is 319 g/mol. The summed E-state index contributed by atoms with van der Waals surface area (Å²) in [6, 6.07) is 10.8. The largest absolute Gasteiger partial charge is 0.392 e. The molecule has 0 fully saturated rings. The van der Waals surface area contributed by atoms with Crippen LogP contribution in [-0.2, 0) is 17.8 Å². The van der Waals surface area contributed by atoms with Crippen molar-refractivity contribution in [1.29, 1.82) is 0 Å². The average Bonchev–Trinajstić information content (AvgIpc) is 3.03.